The Morgan fingerprint density at radius 1 is 1.07 bits per heavy atom. The van der Waals surface area contributed by atoms with Gasteiger partial charge in [-0.15, -0.1) is 0 Å². The molecule has 0 spiro atoms. The van der Waals surface area contributed by atoms with Crippen LogP contribution in [0.2, 0.25) is 0 Å². The van der Waals surface area contributed by atoms with Crippen molar-refractivity contribution in [2.75, 3.05) is 20.7 Å². The number of aromatic amines is 1. The highest BCUT2D eigenvalue weighted by Gasteiger charge is 2.47. The summed E-state index contributed by atoms with van der Waals surface area (Å²) in [4.78, 5) is 32.9. The fourth-order valence-corrected chi connectivity index (χ4v) is 4.62. The predicted octanol–water partition coefficient (Wildman–Crippen LogP) is 2.49. The number of benzene rings is 2. The minimum Gasteiger partial charge on any atom is -0.496 e. The largest absolute Gasteiger partial charge is 0.496 e. The first-order valence-electron chi connectivity index (χ1n) is 9.38. The van der Waals surface area contributed by atoms with Crippen LogP contribution in [0.25, 0.3) is 10.9 Å². The van der Waals surface area contributed by atoms with E-state index in [9.17, 15) is 9.59 Å². The average molecular weight is 375 g/mol. The van der Waals surface area contributed by atoms with Crippen LogP contribution in [0.15, 0.2) is 48.5 Å². The van der Waals surface area contributed by atoms with Gasteiger partial charge in [-0.25, -0.2) is 0 Å². The van der Waals surface area contributed by atoms with Gasteiger partial charge in [0.15, 0.2) is 0 Å². The van der Waals surface area contributed by atoms with Gasteiger partial charge in [-0.2, -0.15) is 0 Å². The minimum absolute atomic E-state index is 0.0181. The lowest BCUT2D eigenvalue weighted by molar-refractivity contribution is -0.157. The summed E-state index contributed by atoms with van der Waals surface area (Å²) in [5.74, 6) is 0.639. The monoisotopic (exact) mass is 375 g/mol. The fourth-order valence-electron chi connectivity index (χ4n) is 4.62. The normalized spacial score (nSPS) is 21.6. The van der Waals surface area contributed by atoms with Gasteiger partial charge in [-0.3, -0.25) is 9.59 Å². The van der Waals surface area contributed by atoms with Crippen LogP contribution in [0, 0.1) is 0 Å². The highest BCUT2D eigenvalue weighted by molar-refractivity contribution is 5.97. The molecule has 1 saturated heterocycles. The standard InChI is InChI=1S/C22H21N3O3/c1-24-12-19(26)25-17(22(24)27)11-15-13-7-3-5-9-16(13)23-20(15)21(25)14-8-4-6-10-18(14)28-2/h3-10,17,21,23H,11-12H2,1-2H3/t17-,21?/m0/s1. The van der Waals surface area contributed by atoms with Gasteiger partial charge < -0.3 is 19.5 Å². The summed E-state index contributed by atoms with van der Waals surface area (Å²) >= 11 is 0. The summed E-state index contributed by atoms with van der Waals surface area (Å²) in [6, 6.07) is 14.9. The quantitative estimate of drug-likeness (QED) is 0.748. The summed E-state index contributed by atoms with van der Waals surface area (Å²) in [5.41, 5.74) is 3.96. The van der Waals surface area contributed by atoms with Crippen molar-refractivity contribution in [1.82, 2.24) is 14.8 Å². The van der Waals surface area contributed by atoms with E-state index in [0.29, 0.717) is 12.2 Å². The Morgan fingerprint density at radius 2 is 1.82 bits per heavy atom. The number of piperazine rings is 1. The number of carbonyl (C=O) groups is 2. The smallest absolute Gasteiger partial charge is 0.245 e. The molecule has 2 aliphatic heterocycles. The van der Waals surface area contributed by atoms with Crippen LogP contribution in [0.1, 0.15) is 22.9 Å². The van der Waals surface area contributed by atoms with E-state index >= 15 is 0 Å². The molecule has 0 saturated carbocycles. The highest BCUT2D eigenvalue weighted by atomic mass is 16.5. The maximum absolute atomic E-state index is 13.1. The van der Waals surface area contributed by atoms with Crippen molar-refractivity contribution >= 4 is 22.7 Å². The maximum Gasteiger partial charge on any atom is 0.245 e. The van der Waals surface area contributed by atoms with Gasteiger partial charge in [0, 0.05) is 35.6 Å². The van der Waals surface area contributed by atoms with Crippen molar-refractivity contribution in [2.24, 2.45) is 0 Å². The van der Waals surface area contributed by atoms with Crippen molar-refractivity contribution in [2.45, 2.75) is 18.5 Å². The second kappa shape index (κ2) is 6.12. The van der Waals surface area contributed by atoms with Crippen molar-refractivity contribution in [3.8, 4) is 5.75 Å². The second-order valence-electron chi connectivity index (χ2n) is 7.42. The molecule has 28 heavy (non-hydrogen) atoms. The molecular formula is C22H21N3O3. The Morgan fingerprint density at radius 3 is 2.64 bits per heavy atom. The van der Waals surface area contributed by atoms with E-state index in [2.05, 4.69) is 11.1 Å². The molecule has 0 radical (unpaired) electrons. The highest BCUT2D eigenvalue weighted by Crippen LogP contribution is 2.44. The summed E-state index contributed by atoms with van der Waals surface area (Å²) in [7, 11) is 3.32. The van der Waals surface area contributed by atoms with E-state index in [1.54, 1.807) is 19.1 Å². The number of carbonyl (C=O) groups excluding carboxylic acids is 2. The van der Waals surface area contributed by atoms with E-state index in [-0.39, 0.29) is 24.4 Å². The van der Waals surface area contributed by atoms with Gasteiger partial charge in [0.25, 0.3) is 0 Å². The van der Waals surface area contributed by atoms with Crippen LogP contribution < -0.4 is 4.74 Å². The summed E-state index contributed by atoms with van der Waals surface area (Å²) in [6.07, 6.45) is 0.514. The minimum atomic E-state index is -0.507. The number of hydrogen-bond acceptors (Lipinski definition) is 3. The maximum atomic E-state index is 13.1. The van der Waals surface area contributed by atoms with Crippen LogP contribution in [0.4, 0.5) is 0 Å². The number of aromatic nitrogens is 1. The molecule has 2 amide bonds. The molecule has 0 aliphatic carbocycles. The van der Waals surface area contributed by atoms with Crippen molar-refractivity contribution in [3.63, 3.8) is 0 Å². The molecule has 2 aliphatic rings. The Bertz CT molecular complexity index is 1100. The van der Waals surface area contributed by atoms with Gasteiger partial charge in [0.1, 0.15) is 17.8 Å². The predicted molar refractivity (Wildman–Crippen MR) is 105 cm³/mol. The lowest BCUT2D eigenvalue weighted by Crippen LogP contribution is -2.62. The summed E-state index contributed by atoms with van der Waals surface area (Å²) < 4.78 is 5.60. The molecule has 1 unspecified atom stereocenters. The van der Waals surface area contributed by atoms with E-state index in [0.717, 1.165) is 27.7 Å². The van der Waals surface area contributed by atoms with Gasteiger partial charge in [0.2, 0.25) is 11.8 Å². The van der Waals surface area contributed by atoms with Gasteiger partial charge in [0.05, 0.1) is 13.7 Å². The number of fused-ring (bicyclic) bond motifs is 4. The van der Waals surface area contributed by atoms with Crippen LogP contribution in [-0.2, 0) is 16.0 Å². The third-order valence-corrected chi connectivity index (χ3v) is 5.89. The van der Waals surface area contributed by atoms with Crippen LogP contribution >= 0.6 is 0 Å². The number of hydrogen-bond donors (Lipinski definition) is 1. The third-order valence-electron chi connectivity index (χ3n) is 5.89. The zero-order chi connectivity index (χ0) is 19.4. The molecule has 3 aromatic rings. The molecular weight excluding hydrogens is 354 g/mol. The van der Waals surface area contributed by atoms with E-state index in [1.807, 2.05) is 42.5 Å². The zero-order valence-electron chi connectivity index (χ0n) is 15.8. The Labute approximate surface area is 162 Å². The lowest BCUT2D eigenvalue weighted by atomic mass is 9.86. The van der Waals surface area contributed by atoms with E-state index < -0.39 is 6.04 Å². The van der Waals surface area contributed by atoms with Crippen molar-refractivity contribution < 1.29 is 14.3 Å². The number of para-hydroxylation sites is 2. The van der Waals surface area contributed by atoms with Crippen molar-refractivity contribution in [1.29, 1.82) is 0 Å². The van der Waals surface area contributed by atoms with Crippen LogP contribution in [0.3, 0.4) is 0 Å². The first-order chi connectivity index (χ1) is 13.6. The number of nitrogens with zero attached hydrogens (tertiary/aromatic N) is 2. The molecule has 6 nitrogen and oxygen atoms in total. The molecule has 1 aromatic heterocycles. The number of amides is 2. The molecule has 3 heterocycles. The molecule has 1 N–H and O–H groups in total. The van der Waals surface area contributed by atoms with Crippen LogP contribution in [-0.4, -0.2) is 53.3 Å². The molecule has 2 atom stereocenters. The zero-order valence-corrected chi connectivity index (χ0v) is 15.8. The number of nitrogens with one attached hydrogen (secondary N) is 1. The van der Waals surface area contributed by atoms with E-state index in [1.165, 1.54) is 4.90 Å². The fraction of sp³-hybridized carbons (Fsp3) is 0.273. The molecule has 2 aromatic carbocycles. The first-order valence-corrected chi connectivity index (χ1v) is 9.38. The number of methoxy groups -OCH3 is 1. The molecule has 142 valence electrons. The molecule has 1 fully saturated rings. The van der Waals surface area contributed by atoms with E-state index in [4.69, 9.17) is 4.74 Å². The molecule has 5 rings (SSSR count). The van der Waals surface area contributed by atoms with Crippen LogP contribution in [0.5, 0.6) is 5.75 Å². The Balaban J connectivity index is 1.79. The summed E-state index contributed by atoms with van der Waals surface area (Å²) in [5, 5.41) is 1.10. The molecule has 6 heteroatoms. The second-order valence-corrected chi connectivity index (χ2v) is 7.42. The number of rotatable bonds is 2. The summed E-state index contributed by atoms with van der Waals surface area (Å²) in [6.45, 7) is 0.0938. The topological polar surface area (TPSA) is 65.6 Å². The van der Waals surface area contributed by atoms with Gasteiger partial charge >= 0.3 is 0 Å². The number of ether oxygens (including phenoxy) is 1. The SMILES string of the molecule is COc1ccccc1C1c2[nH]c3ccccc3c2C[C@H]2C(=O)N(C)CC(=O)N12. The number of H-pyrrole nitrogens is 1. The third kappa shape index (κ3) is 2.27. The lowest BCUT2D eigenvalue weighted by Gasteiger charge is -2.46. The first kappa shape index (κ1) is 16.9. The Hall–Kier alpha value is -3.28. The number of likely N-dealkylation sites (N-methyl/N-ethyl adjacent to an activating group) is 1. The Kier molecular flexibility index (Phi) is 3.69. The molecule has 0 bridgehead atoms. The average Bonchev–Trinajstić information content (AvgIpc) is 3.09. The van der Waals surface area contributed by atoms with Crippen molar-refractivity contribution in [3.05, 3.63) is 65.4 Å². The van der Waals surface area contributed by atoms with Gasteiger partial charge in [-0.1, -0.05) is 36.4 Å². The van der Waals surface area contributed by atoms with Gasteiger partial charge in [-0.05, 0) is 17.7 Å².